The van der Waals surface area contributed by atoms with E-state index in [1.54, 1.807) is 0 Å². The minimum Gasteiger partial charge on any atom is -0.378 e. The minimum atomic E-state index is 0.730. The predicted octanol–water partition coefficient (Wildman–Crippen LogP) is 7.34. The molecule has 6 rings (SSSR count). The Kier molecular flexibility index (Phi) is 3.69. The number of anilines is 1. The molecule has 0 saturated heterocycles. The van der Waals surface area contributed by atoms with Crippen LogP contribution in [-0.2, 0) is 0 Å². The van der Waals surface area contributed by atoms with Crippen molar-refractivity contribution >= 4 is 48.8 Å². The van der Waals surface area contributed by atoms with E-state index in [0.29, 0.717) is 0 Å². The molecule has 0 spiro atoms. The van der Waals surface area contributed by atoms with Crippen LogP contribution in [0.2, 0.25) is 0 Å². The van der Waals surface area contributed by atoms with Gasteiger partial charge in [-0.25, -0.2) is 0 Å². The van der Waals surface area contributed by atoms with Crippen molar-refractivity contribution in [3.63, 3.8) is 0 Å². The van der Waals surface area contributed by atoms with Gasteiger partial charge in [-0.2, -0.15) is 5.26 Å². The maximum Gasteiger partial charge on any atom is 0.0998 e. The summed E-state index contributed by atoms with van der Waals surface area (Å²) in [6.45, 7) is 0. The van der Waals surface area contributed by atoms with Gasteiger partial charge in [0.15, 0.2) is 0 Å². The fraction of sp³-hybridized carbons (Fsp3) is 0.0690. The van der Waals surface area contributed by atoms with Crippen molar-refractivity contribution in [2.75, 3.05) is 19.0 Å². The maximum atomic E-state index is 9.62. The molecular weight excluding hydrogens is 376 g/mol. The van der Waals surface area contributed by atoms with Gasteiger partial charge in [0.2, 0.25) is 0 Å². The van der Waals surface area contributed by atoms with Crippen LogP contribution in [0.25, 0.3) is 54.2 Å². The predicted molar refractivity (Wildman–Crippen MR) is 132 cm³/mol. The zero-order chi connectivity index (χ0) is 21.1. The smallest absolute Gasteiger partial charge is 0.0998 e. The topological polar surface area (TPSA) is 27.0 Å². The highest BCUT2D eigenvalue weighted by Gasteiger charge is 2.16. The Morgan fingerprint density at radius 1 is 0.581 bits per heavy atom. The molecular formula is C29H20N2. The van der Waals surface area contributed by atoms with E-state index in [1.807, 2.05) is 6.07 Å². The molecule has 0 aliphatic heterocycles. The largest absolute Gasteiger partial charge is 0.378 e. The second-order valence-electron chi connectivity index (χ2n) is 8.33. The van der Waals surface area contributed by atoms with Crippen LogP contribution in [0.15, 0.2) is 84.9 Å². The van der Waals surface area contributed by atoms with Gasteiger partial charge in [-0.3, -0.25) is 0 Å². The van der Waals surface area contributed by atoms with Gasteiger partial charge < -0.3 is 4.90 Å². The van der Waals surface area contributed by atoms with E-state index in [2.05, 4.69) is 104 Å². The highest BCUT2D eigenvalue weighted by Crippen LogP contribution is 2.43. The molecule has 6 aromatic carbocycles. The van der Waals surface area contributed by atoms with Crippen LogP contribution in [0.4, 0.5) is 5.69 Å². The molecule has 0 aliphatic rings. The molecule has 0 unspecified atom stereocenters. The standard InChI is InChI=1S/C29H20N2/c1-31(2)20-12-9-18(10-13-20)21-15-16-27-26-14-11-19(17-30)22-5-3-7-24(28(22)26)25-8-4-6-23(21)29(25)27/h3-16H,1-2H3. The molecule has 31 heavy (non-hydrogen) atoms. The summed E-state index contributed by atoms with van der Waals surface area (Å²) in [6, 6.07) is 32.6. The van der Waals surface area contributed by atoms with E-state index in [-0.39, 0.29) is 0 Å². The molecule has 146 valence electrons. The van der Waals surface area contributed by atoms with Crippen LogP contribution in [0.5, 0.6) is 0 Å². The van der Waals surface area contributed by atoms with Crippen LogP contribution < -0.4 is 4.90 Å². The Morgan fingerprint density at radius 3 is 1.77 bits per heavy atom. The third-order valence-corrected chi connectivity index (χ3v) is 6.48. The number of hydrogen-bond donors (Lipinski definition) is 0. The van der Waals surface area contributed by atoms with E-state index >= 15 is 0 Å². The van der Waals surface area contributed by atoms with Gasteiger partial charge in [-0.15, -0.1) is 0 Å². The summed E-state index contributed by atoms with van der Waals surface area (Å²) in [6.07, 6.45) is 0. The van der Waals surface area contributed by atoms with Crippen LogP contribution in [0, 0.1) is 11.3 Å². The van der Waals surface area contributed by atoms with Crippen molar-refractivity contribution in [3.8, 4) is 17.2 Å². The van der Waals surface area contributed by atoms with Crippen LogP contribution in [-0.4, -0.2) is 14.1 Å². The van der Waals surface area contributed by atoms with Crippen LogP contribution >= 0.6 is 0 Å². The summed E-state index contributed by atoms with van der Waals surface area (Å²) >= 11 is 0. The molecule has 0 N–H and O–H groups in total. The van der Waals surface area contributed by atoms with E-state index < -0.39 is 0 Å². The SMILES string of the molecule is CN(C)c1ccc(-c2ccc3c4ccc(C#N)c5cccc(c6cccc2c63)c54)cc1. The summed E-state index contributed by atoms with van der Waals surface area (Å²) in [5.74, 6) is 0. The summed E-state index contributed by atoms with van der Waals surface area (Å²) in [7, 11) is 4.13. The zero-order valence-electron chi connectivity index (χ0n) is 17.5. The molecule has 0 radical (unpaired) electrons. The lowest BCUT2D eigenvalue weighted by Crippen LogP contribution is -2.07. The second-order valence-corrected chi connectivity index (χ2v) is 8.33. The minimum absolute atomic E-state index is 0.730. The van der Waals surface area contributed by atoms with Crippen molar-refractivity contribution in [1.82, 2.24) is 0 Å². The van der Waals surface area contributed by atoms with Crippen LogP contribution in [0.3, 0.4) is 0 Å². The maximum absolute atomic E-state index is 9.62. The number of rotatable bonds is 2. The van der Waals surface area contributed by atoms with Crippen LogP contribution in [0.1, 0.15) is 5.56 Å². The summed E-state index contributed by atoms with van der Waals surface area (Å²) < 4.78 is 0. The fourth-order valence-electron chi connectivity index (χ4n) is 5.00. The molecule has 0 saturated carbocycles. The third kappa shape index (κ3) is 2.44. The van der Waals surface area contributed by atoms with E-state index in [4.69, 9.17) is 0 Å². The zero-order valence-corrected chi connectivity index (χ0v) is 17.5. The van der Waals surface area contributed by atoms with E-state index in [0.717, 1.165) is 10.9 Å². The summed E-state index contributed by atoms with van der Waals surface area (Å²) in [5, 5.41) is 19.3. The van der Waals surface area contributed by atoms with Gasteiger partial charge in [0.05, 0.1) is 11.6 Å². The molecule has 0 atom stereocenters. The second kappa shape index (κ2) is 6.45. The van der Waals surface area contributed by atoms with Crippen molar-refractivity contribution in [2.45, 2.75) is 0 Å². The van der Waals surface area contributed by atoms with E-state index in [1.165, 1.54) is 54.5 Å². The summed E-state index contributed by atoms with van der Waals surface area (Å²) in [4.78, 5) is 2.12. The quantitative estimate of drug-likeness (QED) is 0.226. The molecule has 6 aromatic rings. The molecule has 0 aromatic heterocycles. The van der Waals surface area contributed by atoms with E-state index in [9.17, 15) is 5.26 Å². The van der Waals surface area contributed by atoms with Gasteiger partial charge in [0.1, 0.15) is 0 Å². The lowest BCUT2D eigenvalue weighted by Gasteiger charge is -2.17. The molecule has 0 aliphatic carbocycles. The van der Waals surface area contributed by atoms with Gasteiger partial charge >= 0.3 is 0 Å². The fourth-order valence-corrected chi connectivity index (χ4v) is 5.00. The monoisotopic (exact) mass is 396 g/mol. The molecule has 0 amide bonds. The Balaban J connectivity index is 1.75. The van der Waals surface area contributed by atoms with Crippen molar-refractivity contribution in [2.24, 2.45) is 0 Å². The first-order valence-electron chi connectivity index (χ1n) is 10.5. The number of nitrogens with zero attached hydrogens (tertiary/aromatic N) is 2. The average molecular weight is 396 g/mol. The summed E-state index contributed by atoms with van der Waals surface area (Å²) in [5.41, 5.74) is 4.39. The number of hydrogen-bond acceptors (Lipinski definition) is 2. The molecule has 0 bridgehead atoms. The first-order valence-corrected chi connectivity index (χ1v) is 10.5. The average Bonchev–Trinajstić information content (AvgIpc) is 2.82. The Hall–Kier alpha value is -4.09. The molecule has 0 heterocycles. The molecule has 2 nitrogen and oxygen atoms in total. The Labute approximate surface area is 180 Å². The van der Waals surface area contributed by atoms with Crippen molar-refractivity contribution in [1.29, 1.82) is 5.26 Å². The third-order valence-electron chi connectivity index (χ3n) is 6.48. The highest BCUT2D eigenvalue weighted by atomic mass is 15.1. The lowest BCUT2D eigenvalue weighted by molar-refractivity contribution is 1.13. The molecule has 2 heteroatoms. The van der Waals surface area contributed by atoms with Gasteiger partial charge in [-0.05, 0) is 67.0 Å². The lowest BCUT2D eigenvalue weighted by atomic mass is 9.86. The first-order chi connectivity index (χ1) is 15.2. The number of nitriles is 1. The van der Waals surface area contributed by atoms with Crippen molar-refractivity contribution in [3.05, 3.63) is 90.5 Å². The first kappa shape index (κ1) is 17.7. The normalized spacial score (nSPS) is 11.5. The Morgan fingerprint density at radius 2 is 1.13 bits per heavy atom. The highest BCUT2D eigenvalue weighted by molar-refractivity contribution is 6.34. The van der Waals surface area contributed by atoms with Gasteiger partial charge in [0, 0.05) is 25.2 Å². The Bertz CT molecular complexity index is 1630. The van der Waals surface area contributed by atoms with Crippen molar-refractivity contribution < 1.29 is 0 Å². The number of fused-ring (bicyclic) bond motifs is 2. The van der Waals surface area contributed by atoms with Gasteiger partial charge in [0.25, 0.3) is 0 Å². The number of benzene rings is 6. The van der Waals surface area contributed by atoms with Gasteiger partial charge in [-0.1, -0.05) is 66.7 Å². The molecule has 0 fully saturated rings.